The van der Waals surface area contributed by atoms with Crippen molar-refractivity contribution in [3.05, 3.63) is 169 Å². The number of pyridine rings is 2. The van der Waals surface area contributed by atoms with Crippen LogP contribution in [0.2, 0.25) is 0 Å². The van der Waals surface area contributed by atoms with Crippen LogP contribution in [0.15, 0.2) is 141 Å². The van der Waals surface area contributed by atoms with E-state index in [1.54, 1.807) is 61.1 Å². The Balaban J connectivity index is 0.000000208. The van der Waals surface area contributed by atoms with Gasteiger partial charge >= 0.3 is 11.9 Å². The summed E-state index contributed by atoms with van der Waals surface area (Å²) in [5.41, 5.74) is 5.28. The Hall–Kier alpha value is -7.54. The average molecular weight is 765 g/mol. The molecule has 2 atom stereocenters. The lowest BCUT2D eigenvalue weighted by Crippen LogP contribution is -2.44. The molecule has 0 fully saturated rings. The van der Waals surface area contributed by atoms with Crippen molar-refractivity contribution in [1.29, 1.82) is 0 Å². The number of amides is 2. The molecule has 2 unspecified atom stereocenters. The third-order valence-electron chi connectivity index (χ3n) is 9.06. The maximum atomic E-state index is 13.3. The van der Waals surface area contributed by atoms with E-state index >= 15 is 0 Å². The van der Waals surface area contributed by atoms with Gasteiger partial charge < -0.3 is 35.2 Å². The standard InChI is InChI=1S/C27H25N3O4.C17H15N3O3/c1-3-7-18-11-12-24(25(14-18)33-2)34-27(32)23(30-26(31)19-8-6-13-28-16-19)15-20-17-29-22-10-5-4-9-21(20)22;21-16(11-4-3-7-18-9-11)20-15(17(22)23)8-12-10-19-14-6-2-1-5-13(12)14/h3-6,8-14,16-17,23,29H,1,7,15H2,2H3,(H,30,31);1-7,9-10,15,19H,8H2,(H,20,21)(H,22,23). The number of fused-ring (bicyclic) bond motifs is 2. The Morgan fingerprint density at radius 3 is 1.79 bits per heavy atom. The summed E-state index contributed by atoms with van der Waals surface area (Å²) in [6.07, 6.45) is 12.5. The van der Waals surface area contributed by atoms with Gasteiger partial charge in [-0.3, -0.25) is 19.6 Å². The first kappa shape index (κ1) is 39.2. The Kier molecular flexibility index (Phi) is 12.8. The van der Waals surface area contributed by atoms with Gasteiger partial charge in [-0.1, -0.05) is 48.5 Å². The molecular formula is C44H40N6O7. The lowest BCUT2D eigenvalue weighted by atomic mass is 10.0. The molecule has 0 saturated heterocycles. The van der Waals surface area contributed by atoms with Gasteiger partial charge in [0.2, 0.25) is 0 Å². The van der Waals surface area contributed by atoms with Crippen molar-refractivity contribution in [2.45, 2.75) is 31.3 Å². The van der Waals surface area contributed by atoms with E-state index in [0.29, 0.717) is 23.3 Å². The van der Waals surface area contributed by atoms with Crippen molar-refractivity contribution in [2.75, 3.05) is 7.11 Å². The Morgan fingerprint density at radius 2 is 1.28 bits per heavy atom. The van der Waals surface area contributed by atoms with Gasteiger partial charge in [0.05, 0.1) is 18.2 Å². The molecule has 0 spiro atoms. The highest BCUT2D eigenvalue weighted by molar-refractivity contribution is 5.98. The van der Waals surface area contributed by atoms with Crippen LogP contribution in [0.25, 0.3) is 21.8 Å². The van der Waals surface area contributed by atoms with E-state index in [4.69, 9.17) is 9.47 Å². The summed E-state index contributed by atoms with van der Waals surface area (Å²) in [4.78, 5) is 63.9. The fraction of sp³-hybridized carbons (Fsp3) is 0.136. The van der Waals surface area contributed by atoms with Crippen LogP contribution in [-0.4, -0.2) is 68.0 Å². The Morgan fingerprint density at radius 1 is 0.737 bits per heavy atom. The van der Waals surface area contributed by atoms with E-state index < -0.39 is 35.8 Å². The molecule has 0 aliphatic heterocycles. The van der Waals surface area contributed by atoms with Crippen LogP contribution in [0.3, 0.4) is 0 Å². The molecule has 5 N–H and O–H groups in total. The average Bonchev–Trinajstić information content (AvgIpc) is 3.85. The van der Waals surface area contributed by atoms with Crippen molar-refractivity contribution in [3.8, 4) is 11.5 Å². The number of carbonyl (C=O) groups excluding carboxylic acids is 3. The molecule has 3 aromatic carbocycles. The van der Waals surface area contributed by atoms with E-state index in [1.807, 2.05) is 60.8 Å². The predicted molar refractivity (Wildman–Crippen MR) is 215 cm³/mol. The summed E-state index contributed by atoms with van der Waals surface area (Å²) in [7, 11) is 1.51. The number of nitrogens with one attached hydrogen (secondary N) is 4. The number of para-hydroxylation sites is 2. The number of nitrogens with zero attached hydrogens (tertiary/aromatic N) is 2. The summed E-state index contributed by atoms with van der Waals surface area (Å²) in [6, 6.07) is 25.3. The molecule has 2 amide bonds. The highest BCUT2D eigenvalue weighted by atomic mass is 16.6. The van der Waals surface area contributed by atoms with Crippen molar-refractivity contribution in [3.63, 3.8) is 0 Å². The van der Waals surface area contributed by atoms with Crippen LogP contribution in [0.4, 0.5) is 0 Å². The maximum absolute atomic E-state index is 13.3. The van der Waals surface area contributed by atoms with E-state index in [9.17, 15) is 24.3 Å². The quantitative estimate of drug-likeness (QED) is 0.0486. The van der Waals surface area contributed by atoms with Gasteiger partial charge in [-0.25, -0.2) is 9.59 Å². The highest BCUT2D eigenvalue weighted by Crippen LogP contribution is 2.29. The molecule has 13 heteroatoms. The number of allylic oxidation sites excluding steroid dienone is 1. The van der Waals surface area contributed by atoms with Gasteiger partial charge in [-0.15, -0.1) is 6.58 Å². The fourth-order valence-corrected chi connectivity index (χ4v) is 6.18. The number of carboxylic acid groups (broad SMARTS) is 1. The number of hydrogen-bond acceptors (Lipinski definition) is 8. The summed E-state index contributed by atoms with van der Waals surface area (Å²) in [5, 5.41) is 16.7. The summed E-state index contributed by atoms with van der Waals surface area (Å²) >= 11 is 0. The van der Waals surface area contributed by atoms with E-state index in [0.717, 1.165) is 38.5 Å². The predicted octanol–water partition coefficient (Wildman–Crippen LogP) is 6.24. The number of H-pyrrole nitrogens is 2. The molecule has 0 aliphatic carbocycles. The Labute approximate surface area is 327 Å². The number of carbonyl (C=O) groups is 4. The fourth-order valence-electron chi connectivity index (χ4n) is 6.18. The van der Waals surface area contributed by atoms with Crippen LogP contribution >= 0.6 is 0 Å². The number of aromatic amines is 2. The second-order valence-corrected chi connectivity index (χ2v) is 12.9. The molecule has 13 nitrogen and oxygen atoms in total. The van der Waals surface area contributed by atoms with Gasteiger partial charge in [0.25, 0.3) is 11.8 Å². The molecule has 4 heterocycles. The highest BCUT2D eigenvalue weighted by Gasteiger charge is 2.27. The lowest BCUT2D eigenvalue weighted by Gasteiger charge is -2.18. The van der Waals surface area contributed by atoms with E-state index in [1.165, 1.54) is 19.5 Å². The van der Waals surface area contributed by atoms with Gasteiger partial charge in [0.1, 0.15) is 12.1 Å². The summed E-state index contributed by atoms with van der Waals surface area (Å²) < 4.78 is 11.1. The maximum Gasteiger partial charge on any atom is 0.334 e. The topological polar surface area (TPSA) is 188 Å². The van der Waals surface area contributed by atoms with Crippen LogP contribution in [0, 0.1) is 0 Å². The van der Waals surface area contributed by atoms with Crippen LogP contribution in [0.5, 0.6) is 11.5 Å². The number of aromatic nitrogens is 4. The summed E-state index contributed by atoms with van der Waals surface area (Å²) in [5.74, 6) is -1.84. The third-order valence-corrected chi connectivity index (χ3v) is 9.06. The SMILES string of the molecule is C=CCc1ccc(OC(=O)C(Cc2c[nH]c3ccccc23)NC(=O)c2cccnc2)c(OC)c1.O=C(NC(Cc1c[nH]c2ccccc12)C(=O)O)c1cccnc1. The van der Waals surface area contributed by atoms with Gasteiger partial charge in [-0.05, 0) is 71.6 Å². The zero-order valence-electron chi connectivity index (χ0n) is 31.0. The number of carboxylic acids is 1. The molecule has 0 aliphatic rings. The second kappa shape index (κ2) is 18.7. The zero-order valence-corrected chi connectivity index (χ0v) is 31.0. The van der Waals surface area contributed by atoms with Crippen molar-refractivity contribution < 1.29 is 33.8 Å². The van der Waals surface area contributed by atoms with Crippen molar-refractivity contribution in [2.24, 2.45) is 0 Å². The molecule has 0 bridgehead atoms. The van der Waals surface area contributed by atoms with Crippen LogP contribution < -0.4 is 20.1 Å². The largest absolute Gasteiger partial charge is 0.493 e. The van der Waals surface area contributed by atoms with Crippen molar-refractivity contribution >= 4 is 45.6 Å². The zero-order chi connectivity index (χ0) is 40.1. The minimum absolute atomic E-state index is 0.200. The number of rotatable bonds is 14. The first-order valence-electron chi connectivity index (χ1n) is 18.0. The minimum atomic E-state index is -1.08. The molecule has 7 rings (SSSR count). The molecule has 0 radical (unpaired) electrons. The molecule has 4 aromatic heterocycles. The van der Waals surface area contributed by atoms with Crippen LogP contribution in [-0.2, 0) is 28.9 Å². The number of methoxy groups -OCH3 is 1. The molecule has 288 valence electrons. The summed E-state index contributed by atoms with van der Waals surface area (Å²) in [6.45, 7) is 3.74. The first-order valence-corrected chi connectivity index (χ1v) is 18.0. The molecule has 57 heavy (non-hydrogen) atoms. The number of benzene rings is 3. The lowest BCUT2D eigenvalue weighted by molar-refractivity contribution is -0.139. The number of hydrogen-bond donors (Lipinski definition) is 5. The normalized spacial score (nSPS) is 11.7. The van der Waals surface area contributed by atoms with Crippen molar-refractivity contribution in [1.82, 2.24) is 30.6 Å². The number of ether oxygens (including phenoxy) is 2. The number of esters is 1. The van der Waals surface area contributed by atoms with Crippen LogP contribution in [0.1, 0.15) is 37.4 Å². The Bertz CT molecular complexity index is 2500. The third kappa shape index (κ3) is 9.96. The van der Waals surface area contributed by atoms with E-state index in [2.05, 4.69) is 37.1 Å². The monoisotopic (exact) mass is 764 g/mol. The number of aliphatic carboxylic acids is 1. The van der Waals surface area contributed by atoms with Gasteiger partial charge in [0.15, 0.2) is 11.5 Å². The first-order chi connectivity index (χ1) is 27.7. The van der Waals surface area contributed by atoms with E-state index in [-0.39, 0.29) is 18.6 Å². The molecule has 7 aromatic rings. The molecular weight excluding hydrogens is 725 g/mol. The minimum Gasteiger partial charge on any atom is -0.493 e. The van der Waals surface area contributed by atoms with Gasteiger partial charge in [-0.2, -0.15) is 0 Å². The second-order valence-electron chi connectivity index (χ2n) is 12.9. The smallest absolute Gasteiger partial charge is 0.334 e. The molecule has 0 saturated carbocycles. The van der Waals surface area contributed by atoms with Gasteiger partial charge in [0, 0.05) is 71.8 Å².